The Morgan fingerprint density at radius 2 is 1.01 bits per heavy atom. The van der Waals surface area contributed by atoms with Crippen LogP contribution in [0.2, 0.25) is 0 Å². The molecule has 0 aromatic carbocycles. The second-order valence-corrected chi connectivity index (χ2v) is 21.3. The fraction of sp³-hybridized carbons (Fsp3) is 0.797. The summed E-state index contributed by atoms with van der Waals surface area (Å²) >= 11 is 0. The third-order valence-electron chi connectivity index (χ3n) is 8.88. The van der Waals surface area contributed by atoms with Crippen LogP contribution in [0, 0.1) is 16.7 Å². The van der Waals surface area contributed by atoms with E-state index in [2.05, 4.69) is 175 Å². The normalized spacial score (nSPS) is 12.7. The molecule has 5 rings (SSSR count). The van der Waals surface area contributed by atoms with Gasteiger partial charge in [0.15, 0.2) is 0 Å². The van der Waals surface area contributed by atoms with E-state index in [0.717, 1.165) is 29.4 Å². The topological polar surface area (TPSA) is 103 Å². The van der Waals surface area contributed by atoms with Crippen molar-refractivity contribution in [3.8, 4) is 0 Å². The first-order chi connectivity index (χ1) is 31.8. The number of likely N-dealkylation sites (tertiary alicyclic amines) is 1. The van der Waals surface area contributed by atoms with Gasteiger partial charge in [-0.1, -0.05) is 232 Å². The van der Waals surface area contributed by atoms with Crippen LogP contribution in [0.3, 0.4) is 0 Å². The monoisotopic (exact) mass is 979 g/mol. The molecule has 1 fully saturated rings. The standard InChI is InChI=1S/C9H19N.2C8H14N2.2C7H11NO.C6H15N.7C2H6/c1-9(2,3)8-5-6-10(4)7-8;1-8(2,3)7-5-9-10(4)6-7;1-8(2,3)7-5-6-10(4)9-7;1-7(2,3)6-4-8-9-5-6;1-7(2,3)6-4-5-9-8-6;1-6(2,3)5-7-4;7*1-2/h8H,5-7H2,1-4H3;2*5-6H,1-4H3;2*4-5H,1-3H3;7H,5H2,1-4H3;7*1-2H3. The predicted octanol–water partition coefficient (Wildman–Crippen LogP) is 17.8. The summed E-state index contributed by atoms with van der Waals surface area (Å²) in [5, 5.41) is 18.9. The zero-order valence-corrected chi connectivity index (χ0v) is 53.5. The van der Waals surface area contributed by atoms with Crippen LogP contribution in [-0.4, -0.2) is 68.5 Å². The molecule has 0 amide bonds. The van der Waals surface area contributed by atoms with Crippen LogP contribution in [0.4, 0.5) is 0 Å². The minimum atomic E-state index is 0.118. The van der Waals surface area contributed by atoms with Gasteiger partial charge < -0.3 is 19.3 Å². The number of aromatic nitrogens is 6. The first kappa shape index (κ1) is 82.7. The number of rotatable bonds is 1. The van der Waals surface area contributed by atoms with E-state index < -0.39 is 0 Å². The van der Waals surface area contributed by atoms with Crippen LogP contribution in [0.15, 0.2) is 58.5 Å². The van der Waals surface area contributed by atoms with Crippen LogP contribution >= 0.6 is 0 Å². The summed E-state index contributed by atoms with van der Waals surface area (Å²) in [7, 11) is 8.07. The zero-order chi connectivity index (χ0) is 57.1. The molecule has 0 saturated carbocycles. The lowest BCUT2D eigenvalue weighted by molar-refractivity contribution is 0.241. The SMILES string of the molecule is CC.CC.CC.CC.CC.CC.CC.CC(C)(C)c1ccon1.CC(C)(C)c1cnoc1.CN1CCC(C(C)(C)C)C1.CNCC(C)(C)C.Cn1cc(C(C)(C)C)cn1.Cn1ccc(C(C)(C)C)n1. The Kier molecular flexibility index (Phi) is 55.0. The Balaban J connectivity index is -0.000000103. The lowest BCUT2D eigenvalue weighted by atomic mass is 9.80. The van der Waals surface area contributed by atoms with Gasteiger partial charge in [-0.2, -0.15) is 10.2 Å². The number of hydrogen-bond donors (Lipinski definition) is 1. The number of nitrogens with one attached hydrogen (secondary N) is 1. The highest BCUT2D eigenvalue weighted by Gasteiger charge is 2.29. The second kappa shape index (κ2) is 45.9. The molecule has 10 heteroatoms. The largest absolute Gasteiger partial charge is 0.364 e. The summed E-state index contributed by atoms with van der Waals surface area (Å²) in [4.78, 5) is 2.43. The molecule has 1 N–H and O–H groups in total. The van der Waals surface area contributed by atoms with E-state index in [-0.39, 0.29) is 21.7 Å². The lowest BCUT2D eigenvalue weighted by Gasteiger charge is -2.26. The number of nitrogens with zero attached hydrogens (tertiary/aromatic N) is 7. The third kappa shape index (κ3) is 49.5. The Bertz CT molecular complexity index is 1430. The van der Waals surface area contributed by atoms with Gasteiger partial charge in [0.25, 0.3) is 0 Å². The molecule has 5 heterocycles. The number of aryl methyl sites for hydroxylation is 2. The van der Waals surface area contributed by atoms with Crippen molar-refractivity contribution >= 4 is 0 Å². The Hall–Kier alpha value is -3.24. The van der Waals surface area contributed by atoms with E-state index in [1.807, 2.05) is 146 Å². The van der Waals surface area contributed by atoms with Crippen LogP contribution in [0.5, 0.6) is 0 Å². The number of hydrogen-bond acceptors (Lipinski definition) is 8. The molecule has 0 radical (unpaired) electrons. The van der Waals surface area contributed by atoms with Gasteiger partial charge >= 0.3 is 0 Å². The molecule has 1 aliphatic heterocycles. The van der Waals surface area contributed by atoms with E-state index in [4.69, 9.17) is 9.05 Å². The van der Waals surface area contributed by atoms with E-state index in [0.29, 0.717) is 10.8 Å². The Morgan fingerprint density at radius 3 is 1.16 bits per heavy atom. The maximum Gasteiger partial charge on any atom is 0.127 e. The van der Waals surface area contributed by atoms with Crippen molar-refractivity contribution in [2.45, 2.75) is 250 Å². The molecule has 4 aromatic heterocycles. The van der Waals surface area contributed by atoms with Gasteiger partial charge in [-0.05, 0) is 72.8 Å². The minimum Gasteiger partial charge on any atom is -0.364 e. The summed E-state index contributed by atoms with van der Waals surface area (Å²) in [6, 6.07) is 3.94. The van der Waals surface area contributed by atoms with Gasteiger partial charge in [-0.25, -0.2) is 0 Å². The van der Waals surface area contributed by atoms with Crippen LogP contribution in [0.1, 0.15) is 250 Å². The minimum absolute atomic E-state index is 0.118. The molecular weight excluding hydrogens is 853 g/mol. The highest BCUT2D eigenvalue weighted by molar-refractivity contribution is 5.15. The fourth-order valence-corrected chi connectivity index (χ4v) is 4.97. The molecule has 1 saturated heterocycles. The maximum absolute atomic E-state index is 4.69. The van der Waals surface area contributed by atoms with Gasteiger partial charge in [-0.3, -0.25) is 9.36 Å². The lowest BCUT2D eigenvalue weighted by Crippen LogP contribution is -2.23. The highest BCUT2D eigenvalue weighted by Crippen LogP contribution is 2.32. The average molecular weight is 980 g/mol. The molecule has 1 atom stereocenters. The van der Waals surface area contributed by atoms with Crippen molar-refractivity contribution in [3.05, 3.63) is 72.0 Å². The van der Waals surface area contributed by atoms with Crippen molar-refractivity contribution in [1.82, 2.24) is 40.1 Å². The summed E-state index contributed by atoms with van der Waals surface area (Å²) < 4.78 is 13.0. The predicted molar refractivity (Wildman–Crippen MR) is 312 cm³/mol. The summed E-state index contributed by atoms with van der Waals surface area (Å²) in [6.07, 6.45) is 12.4. The van der Waals surface area contributed by atoms with Gasteiger partial charge in [0, 0.05) is 55.5 Å². The molecule has 4 aromatic rings. The molecule has 414 valence electrons. The van der Waals surface area contributed by atoms with Crippen molar-refractivity contribution in [2.75, 3.05) is 33.7 Å². The van der Waals surface area contributed by atoms with Gasteiger partial charge in [0.1, 0.15) is 12.5 Å². The van der Waals surface area contributed by atoms with Crippen LogP contribution in [0.25, 0.3) is 0 Å². The van der Waals surface area contributed by atoms with Crippen molar-refractivity contribution in [3.63, 3.8) is 0 Å². The second-order valence-electron chi connectivity index (χ2n) is 21.3. The molecule has 1 aliphatic rings. The van der Waals surface area contributed by atoms with E-state index in [9.17, 15) is 0 Å². The van der Waals surface area contributed by atoms with Crippen LogP contribution in [-0.2, 0) is 35.8 Å². The molecule has 1 unspecified atom stereocenters. The highest BCUT2D eigenvalue weighted by atomic mass is 16.5. The zero-order valence-electron chi connectivity index (χ0n) is 53.5. The molecule has 10 nitrogen and oxygen atoms in total. The van der Waals surface area contributed by atoms with Crippen molar-refractivity contribution < 1.29 is 9.05 Å². The average Bonchev–Trinajstić information content (AvgIpc) is 4.14. The first-order valence-corrected chi connectivity index (χ1v) is 26.9. The van der Waals surface area contributed by atoms with Crippen LogP contribution < -0.4 is 5.32 Å². The summed E-state index contributed by atoms with van der Waals surface area (Å²) in [5.74, 6) is 0.914. The Morgan fingerprint density at radius 1 is 0.565 bits per heavy atom. The molecule has 0 spiro atoms. The van der Waals surface area contributed by atoms with Crippen molar-refractivity contribution in [2.24, 2.45) is 30.8 Å². The van der Waals surface area contributed by atoms with Gasteiger partial charge in [0.05, 0.1) is 23.8 Å². The fourth-order valence-electron chi connectivity index (χ4n) is 4.97. The van der Waals surface area contributed by atoms with E-state index >= 15 is 0 Å². The Labute approximate surface area is 433 Å². The van der Waals surface area contributed by atoms with Gasteiger partial charge in [0.2, 0.25) is 0 Å². The van der Waals surface area contributed by atoms with E-state index in [1.54, 1.807) is 18.7 Å². The van der Waals surface area contributed by atoms with Crippen molar-refractivity contribution in [1.29, 1.82) is 0 Å². The van der Waals surface area contributed by atoms with E-state index in [1.165, 1.54) is 25.1 Å². The molecule has 0 bridgehead atoms. The molecular formula is C59H126N8O2. The third-order valence-corrected chi connectivity index (χ3v) is 8.88. The smallest absolute Gasteiger partial charge is 0.127 e. The summed E-state index contributed by atoms with van der Waals surface area (Å²) in [5.41, 5.74) is 6.23. The maximum atomic E-state index is 4.69. The summed E-state index contributed by atoms with van der Waals surface area (Å²) in [6.45, 7) is 71.1. The van der Waals surface area contributed by atoms with Gasteiger partial charge in [-0.15, -0.1) is 0 Å². The first-order valence-electron chi connectivity index (χ1n) is 26.9. The molecule has 0 aliphatic carbocycles. The molecule has 69 heavy (non-hydrogen) atoms. The quantitative estimate of drug-likeness (QED) is 0.201.